The van der Waals surface area contributed by atoms with Gasteiger partial charge in [-0.2, -0.15) is 0 Å². The molecule has 0 spiro atoms. The second-order valence-electron chi connectivity index (χ2n) is 9.19. The molecule has 0 bridgehead atoms. The van der Waals surface area contributed by atoms with Crippen LogP contribution in [0.3, 0.4) is 0 Å². The third-order valence-corrected chi connectivity index (χ3v) is 6.06. The van der Waals surface area contributed by atoms with Crippen LogP contribution in [0.4, 0.5) is 16.2 Å². The Labute approximate surface area is 245 Å². The quantitative estimate of drug-likeness (QED) is 0.160. The van der Waals surface area contributed by atoms with Crippen molar-refractivity contribution in [2.45, 2.75) is 20.4 Å². The fourth-order valence-electron chi connectivity index (χ4n) is 3.85. The molecule has 0 unspecified atom stereocenters. The number of amides is 2. The van der Waals surface area contributed by atoms with E-state index in [2.05, 4.69) is 10.6 Å². The maximum atomic E-state index is 12.7. The number of anilines is 2. The highest BCUT2D eigenvalue weighted by Crippen LogP contribution is 2.17. The molecule has 2 amide bonds. The maximum Gasteiger partial charge on any atom is 0.319 e. The molecule has 42 heavy (non-hydrogen) atoms. The highest BCUT2D eigenvalue weighted by atomic mass is 16.5. The summed E-state index contributed by atoms with van der Waals surface area (Å²) in [6.07, 6.45) is 3.20. The molecule has 0 saturated carbocycles. The Bertz CT molecular complexity index is 1350. The van der Waals surface area contributed by atoms with E-state index in [1.807, 2.05) is 53.4 Å². The molecular formula is C32H35N3O7. The molecule has 0 aliphatic rings. The fourth-order valence-corrected chi connectivity index (χ4v) is 3.85. The van der Waals surface area contributed by atoms with Crippen LogP contribution in [0, 0.1) is 0 Å². The van der Waals surface area contributed by atoms with Crippen molar-refractivity contribution in [1.29, 1.82) is 0 Å². The number of carbonyl (C=O) groups excluding carboxylic acids is 4. The molecule has 10 nitrogen and oxygen atoms in total. The van der Waals surface area contributed by atoms with E-state index in [1.54, 1.807) is 37.5 Å². The number of nitrogens with one attached hydrogen (secondary N) is 2. The molecule has 0 radical (unpaired) electrons. The monoisotopic (exact) mass is 573 g/mol. The Balaban J connectivity index is 1.52. The Morgan fingerprint density at radius 1 is 0.786 bits per heavy atom. The molecule has 0 aromatic heterocycles. The summed E-state index contributed by atoms with van der Waals surface area (Å²) in [6, 6.07) is 21.2. The number of ether oxygens (including phenoxy) is 3. The third-order valence-electron chi connectivity index (χ3n) is 6.06. The normalized spacial score (nSPS) is 10.5. The lowest BCUT2D eigenvalue weighted by Crippen LogP contribution is -2.31. The van der Waals surface area contributed by atoms with E-state index in [4.69, 9.17) is 14.2 Å². The smallest absolute Gasteiger partial charge is 0.319 e. The predicted molar refractivity (Wildman–Crippen MR) is 161 cm³/mol. The van der Waals surface area contributed by atoms with E-state index < -0.39 is 0 Å². The van der Waals surface area contributed by atoms with Crippen molar-refractivity contribution in [3.05, 3.63) is 95.6 Å². The lowest BCUT2D eigenvalue weighted by Gasteiger charge is -2.24. The van der Waals surface area contributed by atoms with Crippen molar-refractivity contribution in [1.82, 2.24) is 5.32 Å². The lowest BCUT2D eigenvalue weighted by molar-refractivity contribution is -0.141. The summed E-state index contributed by atoms with van der Waals surface area (Å²) in [5.74, 6) is -0.162. The van der Waals surface area contributed by atoms with Gasteiger partial charge in [0.1, 0.15) is 19.0 Å². The van der Waals surface area contributed by atoms with Crippen molar-refractivity contribution >= 4 is 41.2 Å². The summed E-state index contributed by atoms with van der Waals surface area (Å²) in [4.78, 5) is 49.1. The molecular weight excluding hydrogens is 538 g/mol. The van der Waals surface area contributed by atoms with E-state index >= 15 is 0 Å². The molecule has 3 rings (SSSR count). The zero-order valence-electron chi connectivity index (χ0n) is 23.9. The van der Waals surface area contributed by atoms with Crippen molar-refractivity contribution in [3.8, 4) is 5.75 Å². The van der Waals surface area contributed by atoms with Crippen molar-refractivity contribution in [3.63, 3.8) is 0 Å². The van der Waals surface area contributed by atoms with Crippen LogP contribution in [0.25, 0.3) is 6.08 Å². The summed E-state index contributed by atoms with van der Waals surface area (Å²) in [5.41, 5.74) is 3.65. The molecule has 0 aliphatic carbocycles. The van der Waals surface area contributed by atoms with Crippen LogP contribution < -0.4 is 20.3 Å². The average Bonchev–Trinajstić information content (AvgIpc) is 2.98. The van der Waals surface area contributed by atoms with Crippen LogP contribution in [0.2, 0.25) is 0 Å². The van der Waals surface area contributed by atoms with Gasteiger partial charge in [0, 0.05) is 37.3 Å². The Morgan fingerprint density at radius 2 is 1.38 bits per heavy atom. The number of urea groups is 1. The topological polar surface area (TPSA) is 123 Å². The minimum atomic E-state index is -0.364. The van der Waals surface area contributed by atoms with Crippen LogP contribution in [-0.4, -0.2) is 57.2 Å². The van der Waals surface area contributed by atoms with Gasteiger partial charge in [-0.25, -0.2) is 4.79 Å². The zero-order valence-corrected chi connectivity index (χ0v) is 23.9. The summed E-state index contributed by atoms with van der Waals surface area (Å²) in [5, 5.41) is 5.54. The predicted octanol–water partition coefficient (Wildman–Crippen LogP) is 4.85. The number of nitrogens with zero attached hydrogens (tertiary/aromatic N) is 1. The van der Waals surface area contributed by atoms with Gasteiger partial charge in [0.25, 0.3) is 0 Å². The van der Waals surface area contributed by atoms with Crippen LogP contribution in [0.15, 0.2) is 78.9 Å². The minimum Gasteiger partial charge on any atom is -0.497 e. The van der Waals surface area contributed by atoms with Gasteiger partial charge in [0.05, 0.1) is 20.2 Å². The van der Waals surface area contributed by atoms with Gasteiger partial charge in [-0.05, 0) is 65.7 Å². The number of esters is 2. The first-order valence-corrected chi connectivity index (χ1v) is 13.4. The summed E-state index contributed by atoms with van der Waals surface area (Å²) >= 11 is 0. The third kappa shape index (κ3) is 10.8. The molecule has 3 aromatic carbocycles. The van der Waals surface area contributed by atoms with Gasteiger partial charge in [-0.1, -0.05) is 30.3 Å². The van der Waals surface area contributed by atoms with Crippen LogP contribution in [-0.2, 0) is 25.6 Å². The summed E-state index contributed by atoms with van der Waals surface area (Å²) in [7, 11) is 1.60. The van der Waals surface area contributed by atoms with Crippen molar-refractivity contribution in [2.24, 2.45) is 0 Å². The van der Waals surface area contributed by atoms with Gasteiger partial charge in [-0.15, -0.1) is 0 Å². The molecule has 0 aliphatic heterocycles. The van der Waals surface area contributed by atoms with E-state index in [-0.39, 0.29) is 37.0 Å². The molecule has 2 N–H and O–H groups in total. The van der Waals surface area contributed by atoms with E-state index in [1.165, 1.54) is 19.9 Å². The second-order valence-corrected chi connectivity index (χ2v) is 9.19. The zero-order chi connectivity index (χ0) is 30.3. The molecule has 0 heterocycles. The van der Waals surface area contributed by atoms with Crippen LogP contribution >= 0.6 is 0 Å². The largest absolute Gasteiger partial charge is 0.497 e. The van der Waals surface area contributed by atoms with Crippen molar-refractivity contribution < 1.29 is 33.4 Å². The van der Waals surface area contributed by atoms with E-state index in [0.717, 1.165) is 22.6 Å². The van der Waals surface area contributed by atoms with Gasteiger partial charge >= 0.3 is 18.0 Å². The molecule has 3 aromatic rings. The highest BCUT2D eigenvalue weighted by Gasteiger charge is 2.09. The number of hydrogen-bond donors (Lipinski definition) is 2. The van der Waals surface area contributed by atoms with E-state index in [0.29, 0.717) is 30.9 Å². The number of benzene rings is 3. The van der Waals surface area contributed by atoms with Gasteiger partial charge in [-0.3, -0.25) is 14.4 Å². The van der Waals surface area contributed by atoms with Gasteiger partial charge in [0.2, 0.25) is 0 Å². The Kier molecular flexibility index (Phi) is 12.1. The van der Waals surface area contributed by atoms with Crippen LogP contribution in [0.1, 0.15) is 35.3 Å². The number of rotatable bonds is 14. The van der Waals surface area contributed by atoms with Gasteiger partial charge in [0.15, 0.2) is 5.78 Å². The first kappa shape index (κ1) is 31.4. The van der Waals surface area contributed by atoms with Gasteiger partial charge < -0.3 is 29.7 Å². The number of allylic oxidation sites excluding steroid dienone is 1. The summed E-state index contributed by atoms with van der Waals surface area (Å²) < 4.78 is 15.2. The lowest BCUT2D eigenvalue weighted by atomic mass is 10.1. The molecule has 10 heteroatoms. The second kappa shape index (κ2) is 16.2. The number of methoxy groups -OCH3 is 1. The molecule has 220 valence electrons. The van der Waals surface area contributed by atoms with E-state index in [9.17, 15) is 19.2 Å². The number of ketones is 1. The average molecular weight is 574 g/mol. The first-order chi connectivity index (χ1) is 20.2. The standard InChI is InChI=1S/C32H35N3O7/c1-23(36)41-20-18-35(19-21-42-24(2)37)29-13-4-25(5-14-29)8-17-31(38)27-9-11-28(12-10-27)34-32(39)33-22-26-6-15-30(40-3)16-7-26/h4-17H,18-22H2,1-3H3,(H2,33,34,39)/b17-8+. The van der Waals surface area contributed by atoms with Crippen molar-refractivity contribution in [2.75, 3.05) is 43.6 Å². The van der Waals surface area contributed by atoms with Crippen LogP contribution in [0.5, 0.6) is 5.75 Å². The Hall–Kier alpha value is -5.12. The molecule has 0 saturated heterocycles. The fraction of sp³-hybridized carbons (Fsp3) is 0.250. The number of hydrogen-bond acceptors (Lipinski definition) is 8. The minimum absolute atomic E-state index is 0.182. The highest BCUT2D eigenvalue weighted by molar-refractivity contribution is 6.07. The Morgan fingerprint density at radius 3 is 1.93 bits per heavy atom. The summed E-state index contributed by atoms with van der Waals surface area (Å²) in [6.45, 7) is 4.33. The SMILES string of the molecule is COc1ccc(CNC(=O)Nc2ccc(C(=O)/C=C/c3ccc(N(CCOC(C)=O)CCOC(C)=O)cc3)cc2)cc1. The maximum absolute atomic E-state index is 12.7. The molecule has 0 fully saturated rings. The number of carbonyl (C=O) groups is 4. The molecule has 0 atom stereocenters. The first-order valence-electron chi connectivity index (χ1n) is 13.4.